The summed E-state index contributed by atoms with van der Waals surface area (Å²) in [6.45, 7) is 0.286. The van der Waals surface area contributed by atoms with Crippen LogP contribution in [0.1, 0.15) is 5.76 Å². The Kier molecular flexibility index (Phi) is 3.85. The van der Waals surface area contributed by atoms with Crippen LogP contribution >= 0.6 is 0 Å². The summed E-state index contributed by atoms with van der Waals surface area (Å²) in [4.78, 5) is 20.6. The monoisotopic (exact) mass is 276 g/mol. The van der Waals surface area contributed by atoms with Crippen molar-refractivity contribution in [3.63, 3.8) is 0 Å². The first-order valence-electron chi connectivity index (χ1n) is 5.68. The Morgan fingerprint density at radius 3 is 2.70 bits per heavy atom. The number of urea groups is 1. The van der Waals surface area contributed by atoms with E-state index < -0.39 is 11.0 Å². The lowest BCUT2D eigenvalue weighted by atomic mass is 10.2. The molecule has 0 fully saturated rings. The second kappa shape index (κ2) is 5.74. The number of carbonyl (C=O) groups is 1. The summed E-state index contributed by atoms with van der Waals surface area (Å²) in [7, 11) is 0. The highest BCUT2D eigenvalue weighted by atomic mass is 16.6. The van der Waals surface area contributed by atoms with Crippen molar-refractivity contribution in [3.05, 3.63) is 52.3 Å². The fraction of sp³-hybridized carbons (Fsp3) is 0.0833. The average molecular weight is 276 g/mol. The van der Waals surface area contributed by atoms with Crippen LogP contribution in [0, 0.1) is 10.1 Å². The van der Waals surface area contributed by atoms with Crippen LogP contribution in [0.5, 0.6) is 0 Å². The zero-order valence-corrected chi connectivity index (χ0v) is 10.3. The largest absolute Gasteiger partial charge is 0.433 e. The van der Waals surface area contributed by atoms with Crippen molar-refractivity contribution >= 4 is 23.3 Å². The minimum atomic E-state index is -0.649. The molecule has 4 N–H and O–H groups in total. The molecule has 8 nitrogen and oxygen atoms in total. The van der Waals surface area contributed by atoms with Gasteiger partial charge >= 0.3 is 11.9 Å². The van der Waals surface area contributed by atoms with Crippen LogP contribution in [0.4, 0.5) is 22.1 Å². The fourth-order valence-electron chi connectivity index (χ4n) is 1.60. The molecule has 0 bridgehead atoms. The highest BCUT2D eigenvalue weighted by Gasteiger charge is 2.11. The van der Waals surface area contributed by atoms with E-state index in [-0.39, 0.29) is 12.4 Å². The molecule has 0 unspecified atom stereocenters. The van der Waals surface area contributed by atoms with Gasteiger partial charge in [0.15, 0.2) is 0 Å². The van der Waals surface area contributed by atoms with E-state index in [4.69, 9.17) is 10.2 Å². The molecular weight excluding hydrogens is 264 g/mol. The van der Waals surface area contributed by atoms with Crippen molar-refractivity contribution in [2.45, 2.75) is 6.54 Å². The standard InChI is InChI=1S/C12H12N4O4/c13-12(17)15-9-3-1-2-8(6-9)14-7-10-4-5-11(20-10)16(18)19/h1-6,14H,7H2,(H3,13,15,17). The number of furan rings is 1. The van der Waals surface area contributed by atoms with Gasteiger partial charge in [0, 0.05) is 11.4 Å². The van der Waals surface area contributed by atoms with E-state index >= 15 is 0 Å². The Bertz CT molecular complexity index is 638. The summed E-state index contributed by atoms with van der Waals surface area (Å²) < 4.78 is 5.01. The minimum Gasteiger partial charge on any atom is -0.404 e. The maximum Gasteiger partial charge on any atom is 0.433 e. The van der Waals surface area contributed by atoms with Crippen molar-refractivity contribution in [3.8, 4) is 0 Å². The van der Waals surface area contributed by atoms with Crippen LogP contribution in [-0.2, 0) is 6.54 Å². The lowest BCUT2D eigenvalue weighted by Gasteiger charge is -2.07. The molecule has 0 aliphatic rings. The summed E-state index contributed by atoms with van der Waals surface area (Å²) in [5.74, 6) is 0.135. The Morgan fingerprint density at radius 2 is 2.05 bits per heavy atom. The van der Waals surface area contributed by atoms with Crippen LogP contribution in [-0.4, -0.2) is 11.0 Å². The highest BCUT2D eigenvalue weighted by molar-refractivity contribution is 5.88. The number of nitrogens with zero attached hydrogens (tertiary/aromatic N) is 1. The van der Waals surface area contributed by atoms with Gasteiger partial charge in [-0.25, -0.2) is 4.79 Å². The van der Waals surface area contributed by atoms with Crippen molar-refractivity contribution in [2.75, 3.05) is 10.6 Å². The van der Waals surface area contributed by atoms with Crippen LogP contribution < -0.4 is 16.4 Å². The Labute approximate surface area is 113 Å². The summed E-state index contributed by atoms with van der Waals surface area (Å²) in [6, 6.07) is 9.06. The van der Waals surface area contributed by atoms with Gasteiger partial charge < -0.3 is 20.8 Å². The molecule has 0 saturated heterocycles. The number of rotatable bonds is 5. The summed E-state index contributed by atoms with van der Waals surface area (Å²) in [6.07, 6.45) is 0. The Hall–Kier alpha value is -3.03. The second-order valence-corrected chi connectivity index (χ2v) is 3.92. The van der Waals surface area contributed by atoms with Crippen LogP contribution in [0.2, 0.25) is 0 Å². The molecule has 2 amide bonds. The van der Waals surface area contributed by atoms with Crippen LogP contribution in [0.15, 0.2) is 40.8 Å². The number of nitrogens with one attached hydrogen (secondary N) is 2. The van der Waals surface area contributed by atoms with Gasteiger partial charge in [-0.1, -0.05) is 6.07 Å². The molecule has 0 atom stereocenters. The van der Waals surface area contributed by atoms with Crippen molar-refractivity contribution in [1.29, 1.82) is 0 Å². The lowest BCUT2D eigenvalue weighted by molar-refractivity contribution is -0.402. The molecule has 1 heterocycles. The van der Waals surface area contributed by atoms with Crippen molar-refractivity contribution < 1.29 is 14.1 Å². The number of nitrogens with two attached hydrogens (primary N) is 1. The molecule has 104 valence electrons. The summed E-state index contributed by atoms with van der Waals surface area (Å²) in [5, 5.41) is 15.9. The number of benzene rings is 1. The second-order valence-electron chi connectivity index (χ2n) is 3.92. The molecule has 8 heteroatoms. The van der Waals surface area contributed by atoms with Gasteiger partial charge in [0.1, 0.15) is 10.7 Å². The van der Waals surface area contributed by atoms with E-state index in [1.54, 1.807) is 24.3 Å². The molecule has 0 saturated carbocycles. The van der Waals surface area contributed by atoms with E-state index in [9.17, 15) is 14.9 Å². The number of anilines is 2. The third kappa shape index (κ3) is 3.48. The van der Waals surface area contributed by atoms with Gasteiger partial charge in [0.25, 0.3) is 0 Å². The van der Waals surface area contributed by atoms with Gasteiger partial charge in [-0.3, -0.25) is 10.1 Å². The molecule has 2 aromatic rings. The molecule has 1 aromatic carbocycles. The van der Waals surface area contributed by atoms with E-state index in [2.05, 4.69) is 10.6 Å². The normalized spacial score (nSPS) is 10.0. The van der Waals surface area contributed by atoms with Gasteiger partial charge in [0.2, 0.25) is 0 Å². The predicted molar refractivity (Wildman–Crippen MR) is 72.3 cm³/mol. The van der Waals surface area contributed by atoms with Gasteiger partial charge in [-0.05, 0) is 24.3 Å². The molecular formula is C12H12N4O4. The number of carbonyl (C=O) groups excluding carboxylic acids is 1. The molecule has 20 heavy (non-hydrogen) atoms. The first-order valence-corrected chi connectivity index (χ1v) is 5.68. The molecule has 0 radical (unpaired) electrons. The topological polar surface area (TPSA) is 123 Å². The summed E-state index contributed by atoms with van der Waals surface area (Å²) in [5.41, 5.74) is 6.29. The molecule has 0 aliphatic heterocycles. The lowest BCUT2D eigenvalue weighted by Crippen LogP contribution is -2.19. The molecule has 2 rings (SSSR count). The first-order chi connectivity index (χ1) is 9.54. The van der Waals surface area contributed by atoms with Crippen LogP contribution in [0.3, 0.4) is 0 Å². The van der Waals surface area contributed by atoms with E-state index in [0.717, 1.165) is 5.69 Å². The SMILES string of the molecule is NC(=O)Nc1cccc(NCc2ccc([N+](=O)[O-])o2)c1. The zero-order chi connectivity index (χ0) is 14.5. The molecule has 1 aromatic heterocycles. The predicted octanol–water partition coefficient (Wildman–Crippen LogP) is 2.29. The molecule has 0 spiro atoms. The van der Waals surface area contributed by atoms with E-state index in [1.165, 1.54) is 12.1 Å². The zero-order valence-electron chi connectivity index (χ0n) is 10.3. The third-order valence-corrected chi connectivity index (χ3v) is 2.42. The number of amides is 2. The Balaban J connectivity index is 1.99. The maximum absolute atomic E-state index is 10.7. The number of nitro groups is 1. The van der Waals surface area contributed by atoms with Gasteiger partial charge in [0.05, 0.1) is 12.6 Å². The van der Waals surface area contributed by atoms with Gasteiger partial charge in [-0.15, -0.1) is 0 Å². The summed E-state index contributed by atoms with van der Waals surface area (Å²) >= 11 is 0. The Morgan fingerprint density at radius 1 is 1.30 bits per heavy atom. The van der Waals surface area contributed by atoms with E-state index in [1.807, 2.05) is 0 Å². The number of hydrogen-bond donors (Lipinski definition) is 3. The maximum atomic E-state index is 10.7. The minimum absolute atomic E-state index is 0.286. The highest BCUT2D eigenvalue weighted by Crippen LogP contribution is 2.19. The third-order valence-electron chi connectivity index (χ3n) is 2.42. The smallest absolute Gasteiger partial charge is 0.404 e. The average Bonchev–Trinajstić information content (AvgIpc) is 2.85. The number of primary amides is 1. The van der Waals surface area contributed by atoms with Crippen molar-refractivity contribution in [1.82, 2.24) is 0 Å². The first kappa shape index (κ1) is 13.4. The van der Waals surface area contributed by atoms with E-state index in [0.29, 0.717) is 11.4 Å². The fourth-order valence-corrected chi connectivity index (χ4v) is 1.60. The number of hydrogen-bond acceptors (Lipinski definition) is 5. The van der Waals surface area contributed by atoms with Crippen molar-refractivity contribution in [2.24, 2.45) is 5.73 Å². The quantitative estimate of drug-likeness (QED) is 0.571. The van der Waals surface area contributed by atoms with Gasteiger partial charge in [-0.2, -0.15) is 0 Å². The molecule has 0 aliphatic carbocycles. The van der Waals surface area contributed by atoms with Crippen LogP contribution in [0.25, 0.3) is 0 Å².